The van der Waals surface area contributed by atoms with Crippen molar-refractivity contribution in [2.24, 2.45) is 0 Å². The van der Waals surface area contributed by atoms with Crippen molar-refractivity contribution in [2.45, 2.75) is 0 Å². The number of furan rings is 1. The SMILES string of the molecule is N#CC(=Cc1ccc(-c2ccccc2Br)o1)c1nc2ncc(Br)cc2[nH]1. The standard InChI is InChI=1S/C19H10Br2N4O/c20-12-8-16-19(23-10-12)25-18(24-16)11(9-22)7-13-5-6-17(26-13)14-3-1-2-4-15(14)21/h1-8,10H,(H,23,24,25). The fraction of sp³-hybridized carbons (Fsp3) is 0. The third kappa shape index (κ3) is 3.21. The number of rotatable bonds is 3. The Balaban J connectivity index is 1.72. The Morgan fingerprint density at radius 2 is 2.04 bits per heavy atom. The lowest BCUT2D eigenvalue weighted by atomic mass is 10.2. The van der Waals surface area contributed by atoms with Crippen LogP contribution < -0.4 is 0 Å². The fourth-order valence-corrected chi connectivity index (χ4v) is 3.35. The van der Waals surface area contributed by atoms with Crippen LogP contribution in [0.15, 0.2) is 62.0 Å². The normalized spacial score (nSPS) is 11.7. The largest absolute Gasteiger partial charge is 0.457 e. The average Bonchev–Trinajstić information content (AvgIpc) is 3.26. The number of benzene rings is 1. The molecule has 0 saturated heterocycles. The molecule has 0 radical (unpaired) electrons. The zero-order valence-corrected chi connectivity index (χ0v) is 16.4. The van der Waals surface area contributed by atoms with Crippen molar-refractivity contribution < 1.29 is 4.42 Å². The van der Waals surface area contributed by atoms with Gasteiger partial charge < -0.3 is 9.40 Å². The van der Waals surface area contributed by atoms with Crippen LogP contribution in [-0.4, -0.2) is 15.0 Å². The number of H-pyrrole nitrogens is 1. The Bertz CT molecular complexity index is 1180. The molecule has 0 spiro atoms. The van der Waals surface area contributed by atoms with Gasteiger partial charge in [-0.05, 0) is 40.2 Å². The minimum atomic E-state index is 0.368. The van der Waals surface area contributed by atoms with E-state index >= 15 is 0 Å². The van der Waals surface area contributed by atoms with Crippen molar-refractivity contribution in [1.29, 1.82) is 5.26 Å². The molecule has 0 aliphatic carbocycles. The topological polar surface area (TPSA) is 78.5 Å². The second-order valence-electron chi connectivity index (χ2n) is 5.46. The lowest BCUT2D eigenvalue weighted by molar-refractivity contribution is 0.571. The van der Waals surface area contributed by atoms with Crippen LogP contribution in [0.1, 0.15) is 11.6 Å². The van der Waals surface area contributed by atoms with Gasteiger partial charge in [-0.25, -0.2) is 9.97 Å². The zero-order chi connectivity index (χ0) is 18.1. The zero-order valence-electron chi connectivity index (χ0n) is 13.2. The summed E-state index contributed by atoms with van der Waals surface area (Å²) in [6, 6.07) is 15.5. The Morgan fingerprint density at radius 3 is 2.85 bits per heavy atom. The summed E-state index contributed by atoms with van der Waals surface area (Å²) in [6.07, 6.45) is 3.33. The van der Waals surface area contributed by atoms with Crippen molar-refractivity contribution in [3.05, 3.63) is 69.2 Å². The van der Waals surface area contributed by atoms with E-state index in [0.29, 0.717) is 22.8 Å². The number of hydrogen-bond donors (Lipinski definition) is 1. The third-order valence-corrected chi connectivity index (χ3v) is 4.86. The maximum absolute atomic E-state index is 9.53. The Hall–Kier alpha value is -2.69. The highest BCUT2D eigenvalue weighted by Crippen LogP contribution is 2.30. The van der Waals surface area contributed by atoms with E-state index in [2.05, 4.69) is 52.9 Å². The molecular formula is C19H10Br2N4O. The summed E-state index contributed by atoms with van der Waals surface area (Å²) in [7, 11) is 0. The van der Waals surface area contributed by atoms with Crippen LogP contribution >= 0.6 is 31.9 Å². The number of nitriles is 1. The molecule has 4 rings (SSSR count). The summed E-state index contributed by atoms with van der Waals surface area (Å²) in [5, 5.41) is 9.53. The van der Waals surface area contributed by atoms with E-state index in [1.807, 2.05) is 42.5 Å². The predicted molar refractivity (Wildman–Crippen MR) is 107 cm³/mol. The molecule has 0 bridgehead atoms. The predicted octanol–water partition coefficient (Wildman–Crippen LogP) is 5.81. The van der Waals surface area contributed by atoms with Crippen molar-refractivity contribution in [3.63, 3.8) is 0 Å². The summed E-state index contributed by atoms with van der Waals surface area (Å²) in [4.78, 5) is 11.7. The van der Waals surface area contributed by atoms with E-state index in [0.717, 1.165) is 25.8 Å². The minimum absolute atomic E-state index is 0.368. The highest BCUT2D eigenvalue weighted by atomic mass is 79.9. The maximum Gasteiger partial charge on any atom is 0.178 e. The number of nitrogens with one attached hydrogen (secondary N) is 1. The lowest BCUT2D eigenvalue weighted by Crippen LogP contribution is -1.84. The Labute approximate surface area is 165 Å². The van der Waals surface area contributed by atoms with Gasteiger partial charge in [0.15, 0.2) is 11.5 Å². The lowest BCUT2D eigenvalue weighted by Gasteiger charge is -1.99. The van der Waals surface area contributed by atoms with E-state index in [1.165, 1.54) is 0 Å². The molecule has 4 aromatic rings. The third-order valence-electron chi connectivity index (χ3n) is 3.73. The van der Waals surface area contributed by atoms with E-state index in [4.69, 9.17) is 4.42 Å². The van der Waals surface area contributed by atoms with Crippen molar-refractivity contribution in [1.82, 2.24) is 15.0 Å². The monoisotopic (exact) mass is 468 g/mol. The number of pyridine rings is 1. The first-order chi connectivity index (χ1) is 12.6. The second-order valence-corrected chi connectivity index (χ2v) is 7.23. The van der Waals surface area contributed by atoms with Crippen LogP contribution in [0.4, 0.5) is 0 Å². The summed E-state index contributed by atoms with van der Waals surface area (Å²) < 4.78 is 7.66. The maximum atomic E-state index is 9.53. The number of hydrogen-bond acceptors (Lipinski definition) is 4. The molecule has 5 nitrogen and oxygen atoms in total. The van der Waals surface area contributed by atoms with E-state index < -0.39 is 0 Å². The molecule has 0 atom stereocenters. The molecule has 0 fully saturated rings. The molecule has 3 aromatic heterocycles. The summed E-state index contributed by atoms with van der Waals surface area (Å²) >= 11 is 6.89. The smallest absolute Gasteiger partial charge is 0.178 e. The average molecular weight is 470 g/mol. The number of nitrogens with zero attached hydrogens (tertiary/aromatic N) is 3. The van der Waals surface area contributed by atoms with Gasteiger partial charge in [0.2, 0.25) is 0 Å². The molecule has 0 amide bonds. The molecule has 7 heteroatoms. The fourth-order valence-electron chi connectivity index (χ4n) is 2.53. The number of allylic oxidation sites excluding steroid dienone is 1. The summed E-state index contributed by atoms with van der Waals surface area (Å²) in [6.45, 7) is 0. The number of aromatic amines is 1. The van der Waals surface area contributed by atoms with Gasteiger partial charge in [-0.1, -0.05) is 34.1 Å². The van der Waals surface area contributed by atoms with Gasteiger partial charge in [0, 0.05) is 26.8 Å². The van der Waals surface area contributed by atoms with Crippen LogP contribution in [0.2, 0.25) is 0 Å². The molecule has 3 heterocycles. The molecule has 1 aromatic carbocycles. The Morgan fingerprint density at radius 1 is 1.19 bits per heavy atom. The van der Waals surface area contributed by atoms with Crippen LogP contribution in [-0.2, 0) is 0 Å². The van der Waals surface area contributed by atoms with Gasteiger partial charge in [0.05, 0.1) is 11.1 Å². The van der Waals surface area contributed by atoms with Crippen molar-refractivity contribution in [3.8, 4) is 17.4 Å². The van der Waals surface area contributed by atoms with Crippen LogP contribution in [0.3, 0.4) is 0 Å². The van der Waals surface area contributed by atoms with E-state index in [9.17, 15) is 5.26 Å². The quantitative estimate of drug-likeness (QED) is 0.384. The Kier molecular flexibility index (Phi) is 4.45. The number of halogens is 2. The van der Waals surface area contributed by atoms with Crippen LogP contribution in [0.5, 0.6) is 0 Å². The first-order valence-corrected chi connectivity index (χ1v) is 9.21. The molecule has 126 valence electrons. The highest BCUT2D eigenvalue weighted by molar-refractivity contribution is 9.10. The molecule has 1 N–H and O–H groups in total. The highest BCUT2D eigenvalue weighted by Gasteiger charge is 2.12. The number of fused-ring (bicyclic) bond motifs is 1. The van der Waals surface area contributed by atoms with Crippen molar-refractivity contribution >= 4 is 54.7 Å². The molecule has 0 saturated carbocycles. The minimum Gasteiger partial charge on any atom is -0.457 e. The summed E-state index contributed by atoms with van der Waals surface area (Å²) in [5.74, 6) is 1.74. The van der Waals surface area contributed by atoms with E-state index in [-0.39, 0.29) is 0 Å². The van der Waals surface area contributed by atoms with Gasteiger partial charge >= 0.3 is 0 Å². The number of aromatic nitrogens is 3. The van der Waals surface area contributed by atoms with Gasteiger partial charge in [0.25, 0.3) is 0 Å². The van der Waals surface area contributed by atoms with Crippen LogP contribution in [0.25, 0.3) is 34.1 Å². The van der Waals surface area contributed by atoms with Gasteiger partial charge in [0.1, 0.15) is 17.6 Å². The first kappa shape index (κ1) is 16.8. The molecule has 0 aliphatic heterocycles. The van der Waals surface area contributed by atoms with Gasteiger partial charge in [-0.15, -0.1) is 0 Å². The molecule has 26 heavy (non-hydrogen) atoms. The summed E-state index contributed by atoms with van der Waals surface area (Å²) in [5.41, 5.74) is 2.62. The number of imidazole rings is 1. The molecule has 0 aliphatic rings. The molecular weight excluding hydrogens is 460 g/mol. The molecule has 0 unspecified atom stereocenters. The van der Waals surface area contributed by atoms with Gasteiger partial charge in [-0.3, -0.25) is 0 Å². The second kappa shape index (κ2) is 6.90. The van der Waals surface area contributed by atoms with Crippen LogP contribution in [0, 0.1) is 11.3 Å². The van der Waals surface area contributed by atoms with Crippen molar-refractivity contribution in [2.75, 3.05) is 0 Å². The first-order valence-electron chi connectivity index (χ1n) is 7.62. The van der Waals surface area contributed by atoms with Gasteiger partial charge in [-0.2, -0.15) is 5.26 Å². The van der Waals surface area contributed by atoms with E-state index in [1.54, 1.807) is 12.3 Å².